The van der Waals surface area contributed by atoms with Gasteiger partial charge in [-0.3, -0.25) is 0 Å². The van der Waals surface area contributed by atoms with Crippen molar-refractivity contribution in [1.82, 2.24) is 0 Å². The van der Waals surface area contributed by atoms with Crippen LogP contribution in [0.3, 0.4) is 0 Å². The molecule has 0 aliphatic heterocycles. The largest absolute Gasteiger partial charge is 0.780 e. The van der Waals surface area contributed by atoms with Crippen LogP contribution >= 0.6 is 6.72 Å². The number of rotatable bonds is 9. The van der Waals surface area contributed by atoms with Crippen molar-refractivity contribution in [2.45, 2.75) is 45.6 Å². The molecule has 6 heteroatoms. The lowest BCUT2D eigenvalue weighted by molar-refractivity contribution is -0.209. The summed E-state index contributed by atoms with van der Waals surface area (Å²) in [5, 5.41) is 0. The quantitative estimate of drug-likeness (QED) is 0.499. The molecule has 0 rings (SSSR count). The molecule has 15 heavy (non-hydrogen) atoms. The molecule has 0 saturated carbocycles. The van der Waals surface area contributed by atoms with Gasteiger partial charge in [-0.05, 0) is 33.2 Å². The predicted octanol–water partition coefficient (Wildman–Crippen LogP) is 1.53. The minimum Gasteiger partial charge on any atom is -0.780 e. The van der Waals surface area contributed by atoms with E-state index < -0.39 is 6.72 Å². The fraction of sp³-hybridized carbons (Fsp3) is 1.00. The van der Waals surface area contributed by atoms with E-state index in [0.717, 1.165) is 32.2 Å². The van der Waals surface area contributed by atoms with Crippen molar-refractivity contribution in [3.63, 3.8) is 0 Å². The normalized spacial score (nSPS) is 15.5. The number of nitrogens with two attached hydrogens (primary N) is 1. The standard InChI is InChI=1S/C9H22NO3PS/c1-9(2)13-14(11,15)12-8-6-4-3-5-7-10/h9H,3-8,10H2,1-2H3,(H,11,15)/p-1. The Morgan fingerprint density at radius 3 is 2.40 bits per heavy atom. The molecule has 1 atom stereocenters. The Morgan fingerprint density at radius 2 is 1.87 bits per heavy atom. The highest BCUT2D eigenvalue weighted by atomic mass is 32.5. The van der Waals surface area contributed by atoms with Gasteiger partial charge >= 0.3 is 0 Å². The van der Waals surface area contributed by atoms with E-state index in [2.05, 4.69) is 0 Å². The second-order valence-electron chi connectivity index (χ2n) is 3.64. The third-order valence-electron chi connectivity index (χ3n) is 1.69. The maximum Gasteiger partial charge on any atom is 0.115 e. The first kappa shape index (κ1) is 15.5. The zero-order valence-electron chi connectivity index (χ0n) is 9.48. The topological polar surface area (TPSA) is 67.5 Å². The highest BCUT2D eigenvalue weighted by molar-refractivity contribution is 8.06. The van der Waals surface area contributed by atoms with Gasteiger partial charge in [-0.25, -0.2) is 0 Å². The lowest BCUT2D eigenvalue weighted by Crippen LogP contribution is -2.12. The molecule has 0 aromatic carbocycles. The van der Waals surface area contributed by atoms with Gasteiger partial charge in [0, 0.05) is 0 Å². The molecule has 0 aromatic rings. The smallest absolute Gasteiger partial charge is 0.115 e. The Labute approximate surface area is 97.4 Å². The summed E-state index contributed by atoms with van der Waals surface area (Å²) in [5.41, 5.74) is 5.35. The van der Waals surface area contributed by atoms with Gasteiger partial charge in [-0.2, -0.15) is 0 Å². The molecule has 0 aliphatic carbocycles. The van der Waals surface area contributed by atoms with Gasteiger partial charge in [0.2, 0.25) is 0 Å². The van der Waals surface area contributed by atoms with E-state index in [1.165, 1.54) is 0 Å². The van der Waals surface area contributed by atoms with Crippen LogP contribution in [0.4, 0.5) is 0 Å². The third-order valence-corrected chi connectivity index (χ3v) is 3.44. The molecule has 92 valence electrons. The highest BCUT2D eigenvalue weighted by Crippen LogP contribution is 2.40. The van der Waals surface area contributed by atoms with Gasteiger partial charge in [-0.1, -0.05) is 24.6 Å². The molecule has 1 unspecified atom stereocenters. The molecule has 0 saturated heterocycles. The van der Waals surface area contributed by atoms with Crippen LogP contribution in [0.25, 0.3) is 0 Å². The minimum absolute atomic E-state index is 0.162. The van der Waals surface area contributed by atoms with E-state index in [9.17, 15) is 4.89 Å². The first-order valence-corrected chi connectivity index (χ1v) is 7.87. The first-order chi connectivity index (χ1) is 6.98. The van der Waals surface area contributed by atoms with Crippen molar-refractivity contribution in [3.05, 3.63) is 0 Å². The number of unbranched alkanes of at least 4 members (excludes halogenated alkanes) is 3. The molecule has 0 bridgehead atoms. The average molecular weight is 254 g/mol. The summed E-state index contributed by atoms with van der Waals surface area (Å²) in [6, 6.07) is 0. The highest BCUT2D eigenvalue weighted by Gasteiger charge is 2.05. The van der Waals surface area contributed by atoms with Crippen molar-refractivity contribution >= 4 is 18.5 Å². The Morgan fingerprint density at radius 1 is 1.27 bits per heavy atom. The van der Waals surface area contributed by atoms with Crippen molar-refractivity contribution in [3.8, 4) is 0 Å². The van der Waals surface area contributed by atoms with Gasteiger partial charge in [0.25, 0.3) is 0 Å². The fourth-order valence-electron chi connectivity index (χ4n) is 1.06. The summed E-state index contributed by atoms with van der Waals surface area (Å²) in [5.74, 6) is 0. The van der Waals surface area contributed by atoms with E-state index in [1.54, 1.807) is 13.8 Å². The van der Waals surface area contributed by atoms with Crippen LogP contribution in [-0.4, -0.2) is 19.3 Å². The van der Waals surface area contributed by atoms with Crippen LogP contribution in [0, 0.1) is 0 Å². The van der Waals surface area contributed by atoms with Crippen LogP contribution in [0.5, 0.6) is 0 Å². The fourth-order valence-corrected chi connectivity index (χ4v) is 2.73. The lowest BCUT2D eigenvalue weighted by Gasteiger charge is -2.29. The molecular formula is C9H21NO3PS-. The average Bonchev–Trinajstić information content (AvgIpc) is 2.08. The molecule has 4 nitrogen and oxygen atoms in total. The molecule has 0 aliphatic rings. The second kappa shape index (κ2) is 8.62. The predicted molar refractivity (Wildman–Crippen MR) is 64.0 cm³/mol. The van der Waals surface area contributed by atoms with Gasteiger partial charge in [0.05, 0.1) is 12.7 Å². The van der Waals surface area contributed by atoms with Crippen LogP contribution in [-0.2, 0) is 20.9 Å². The maximum atomic E-state index is 11.5. The molecule has 0 spiro atoms. The van der Waals surface area contributed by atoms with Crippen molar-refractivity contribution < 1.29 is 13.9 Å². The minimum atomic E-state index is -3.25. The first-order valence-electron chi connectivity index (χ1n) is 5.32. The molecule has 0 aromatic heterocycles. The zero-order valence-corrected chi connectivity index (χ0v) is 11.2. The SMILES string of the molecule is CC(C)OP([O-])(=S)OCCCCCCN. The monoisotopic (exact) mass is 254 g/mol. The van der Waals surface area contributed by atoms with Crippen molar-refractivity contribution in [2.24, 2.45) is 5.73 Å². The summed E-state index contributed by atoms with van der Waals surface area (Å²) in [4.78, 5) is 11.5. The summed E-state index contributed by atoms with van der Waals surface area (Å²) in [6.45, 7) is 1.44. The second-order valence-corrected chi connectivity index (χ2v) is 6.34. The van der Waals surface area contributed by atoms with E-state index in [4.69, 9.17) is 26.6 Å². The Bertz CT molecular complexity index is 202. The molecule has 0 fully saturated rings. The Balaban J connectivity index is 3.45. The number of hydrogen-bond acceptors (Lipinski definition) is 5. The van der Waals surface area contributed by atoms with Gasteiger partial charge in [0.1, 0.15) is 6.72 Å². The van der Waals surface area contributed by atoms with E-state index in [0.29, 0.717) is 6.61 Å². The summed E-state index contributed by atoms with van der Waals surface area (Å²) in [7, 11) is 0. The lowest BCUT2D eigenvalue weighted by atomic mass is 10.2. The zero-order chi connectivity index (χ0) is 11.7. The molecule has 0 amide bonds. The van der Waals surface area contributed by atoms with E-state index in [1.807, 2.05) is 0 Å². The molecule has 0 radical (unpaired) electrons. The van der Waals surface area contributed by atoms with Crippen LogP contribution in [0.1, 0.15) is 39.5 Å². The Kier molecular flexibility index (Phi) is 8.90. The summed E-state index contributed by atoms with van der Waals surface area (Å²) >= 11 is 4.71. The van der Waals surface area contributed by atoms with Gasteiger partial charge in [-0.15, -0.1) is 0 Å². The summed E-state index contributed by atoms with van der Waals surface area (Å²) < 4.78 is 10.0. The molecular weight excluding hydrogens is 233 g/mol. The number of hydrogen-bond donors (Lipinski definition) is 1. The summed E-state index contributed by atoms with van der Waals surface area (Å²) in [6.07, 6.45) is 3.81. The van der Waals surface area contributed by atoms with Crippen molar-refractivity contribution in [1.29, 1.82) is 0 Å². The van der Waals surface area contributed by atoms with E-state index in [-0.39, 0.29) is 6.10 Å². The van der Waals surface area contributed by atoms with Crippen molar-refractivity contribution in [2.75, 3.05) is 13.2 Å². The third kappa shape index (κ3) is 10.8. The van der Waals surface area contributed by atoms with Crippen LogP contribution in [0.15, 0.2) is 0 Å². The van der Waals surface area contributed by atoms with Gasteiger partial charge in [0.15, 0.2) is 0 Å². The van der Waals surface area contributed by atoms with Crippen LogP contribution in [0.2, 0.25) is 0 Å². The molecule has 2 N–H and O–H groups in total. The Hall–Kier alpha value is 0.490. The van der Waals surface area contributed by atoms with E-state index >= 15 is 0 Å². The molecule has 0 heterocycles. The van der Waals surface area contributed by atoms with Gasteiger partial charge < -0.3 is 19.7 Å². The maximum absolute atomic E-state index is 11.5. The van der Waals surface area contributed by atoms with Crippen LogP contribution < -0.4 is 10.6 Å².